The largest absolute Gasteiger partial charge is 0.339 e. The number of nitrogens with zero attached hydrogens (tertiary/aromatic N) is 2. The minimum atomic E-state index is -0.590. The van der Waals surface area contributed by atoms with Gasteiger partial charge in [0.05, 0.1) is 5.92 Å². The van der Waals surface area contributed by atoms with Gasteiger partial charge >= 0.3 is 0 Å². The second-order valence-electron chi connectivity index (χ2n) is 5.00. The van der Waals surface area contributed by atoms with Gasteiger partial charge in [0.2, 0.25) is 5.89 Å². The molecule has 0 amide bonds. The monoisotopic (exact) mass is 279 g/mol. The topological polar surface area (TPSA) is 51.0 Å². The van der Waals surface area contributed by atoms with Crippen LogP contribution in [0.2, 0.25) is 0 Å². The molecule has 0 saturated carbocycles. The van der Waals surface area contributed by atoms with Gasteiger partial charge in [-0.2, -0.15) is 4.98 Å². The molecule has 1 fully saturated rings. The van der Waals surface area contributed by atoms with Crippen LogP contribution in [0.3, 0.4) is 0 Å². The first-order chi connectivity index (χ1) is 9.72. The molecular formula is C14H15F2N3O. The Morgan fingerprint density at radius 2 is 2.25 bits per heavy atom. The summed E-state index contributed by atoms with van der Waals surface area (Å²) in [5.41, 5.74) is 0.362. The standard InChI is InChI=1S/C14H15F2N3O/c15-11-4-3-9(12(16)7-11)6-13-18-14(20-19-13)10-2-1-5-17-8-10/h3-4,7,10,17H,1-2,5-6,8H2/t10-/m1/s1. The van der Waals surface area contributed by atoms with Crippen molar-refractivity contribution in [1.29, 1.82) is 0 Å². The van der Waals surface area contributed by atoms with Crippen LogP contribution in [0.1, 0.15) is 36.0 Å². The van der Waals surface area contributed by atoms with Crippen LogP contribution in [0, 0.1) is 11.6 Å². The molecule has 3 rings (SSSR count). The molecule has 1 aromatic carbocycles. The molecule has 1 aliphatic heterocycles. The second kappa shape index (κ2) is 5.66. The summed E-state index contributed by atoms with van der Waals surface area (Å²) in [6.45, 7) is 1.84. The van der Waals surface area contributed by atoms with Crippen LogP contribution in [0.5, 0.6) is 0 Å². The fourth-order valence-electron chi connectivity index (χ4n) is 2.40. The van der Waals surface area contributed by atoms with E-state index in [2.05, 4.69) is 15.5 Å². The Bertz CT molecular complexity index is 594. The maximum atomic E-state index is 13.6. The Hall–Kier alpha value is -1.82. The molecule has 0 spiro atoms. The van der Waals surface area contributed by atoms with Crippen molar-refractivity contribution in [2.24, 2.45) is 0 Å². The van der Waals surface area contributed by atoms with Gasteiger partial charge in [-0.15, -0.1) is 0 Å². The number of benzene rings is 1. The van der Waals surface area contributed by atoms with E-state index in [1.54, 1.807) is 0 Å². The predicted octanol–water partition coefficient (Wildman–Crippen LogP) is 2.41. The Labute approximate surface area is 115 Å². The summed E-state index contributed by atoms with van der Waals surface area (Å²) in [4.78, 5) is 4.31. The summed E-state index contributed by atoms with van der Waals surface area (Å²) in [6.07, 6.45) is 2.30. The predicted molar refractivity (Wildman–Crippen MR) is 68.3 cm³/mol. The molecule has 2 heterocycles. The first kappa shape index (κ1) is 13.2. The Morgan fingerprint density at radius 3 is 3.00 bits per heavy atom. The smallest absolute Gasteiger partial charge is 0.231 e. The van der Waals surface area contributed by atoms with Crippen molar-refractivity contribution in [3.05, 3.63) is 47.1 Å². The van der Waals surface area contributed by atoms with Crippen molar-refractivity contribution >= 4 is 0 Å². The maximum Gasteiger partial charge on any atom is 0.231 e. The van der Waals surface area contributed by atoms with E-state index in [0.717, 1.165) is 32.0 Å². The molecule has 1 saturated heterocycles. The van der Waals surface area contributed by atoms with Crippen molar-refractivity contribution in [2.45, 2.75) is 25.2 Å². The third kappa shape index (κ3) is 2.85. The second-order valence-corrected chi connectivity index (χ2v) is 5.00. The number of piperidine rings is 1. The highest BCUT2D eigenvalue weighted by Gasteiger charge is 2.21. The van der Waals surface area contributed by atoms with Gasteiger partial charge in [-0.05, 0) is 31.0 Å². The SMILES string of the molecule is Fc1ccc(Cc2noc([C@@H]3CCCNC3)n2)c(F)c1. The fraction of sp³-hybridized carbons (Fsp3) is 0.429. The lowest BCUT2D eigenvalue weighted by Crippen LogP contribution is -2.28. The molecule has 1 atom stereocenters. The quantitative estimate of drug-likeness (QED) is 0.937. The van der Waals surface area contributed by atoms with Gasteiger partial charge in [-0.3, -0.25) is 0 Å². The first-order valence-corrected chi connectivity index (χ1v) is 6.69. The number of hydrogen-bond donors (Lipinski definition) is 1. The van der Waals surface area contributed by atoms with Crippen molar-refractivity contribution in [2.75, 3.05) is 13.1 Å². The lowest BCUT2D eigenvalue weighted by Gasteiger charge is -2.18. The van der Waals surface area contributed by atoms with Crippen molar-refractivity contribution in [1.82, 2.24) is 15.5 Å². The molecule has 1 N–H and O–H groups in total. The third-order valence-electron chi connectivity index (χ3n) is 3.49. The van der Waals surface area contributed by atoms with E-state index in [9.17, 15) is 8.78 Å². The Kier molecular flexibility index (Phi) is 3.73. The van der Waals surface area contributed by atoms with E-state index in [1.165, 1.54) is 12.1 Å². The summed E-state index contributed by atoms with van der Waals surface area (Å²) in [5.74, 6) is 0.0675. The molecule has 2 aromatic rings. The number of halogens is 2. The molecule has 1 aromatic heterocycles. The zero-order chi connectivity index (χ0) is 13.9. The molecule has 1 aliphatic rings. The van der Waals surface area contributed by atoms with Crippen LogP contribution in [-0.4, -0.2) is 23.2 Å². The molecular weight excluding hydrogens is 264 g/mol. The summed E-state index contributed by atoms with van der Waals surface area (Å²) in [7, 11) is 0. The Balaban J connectivity index is 1.73. The average molecular weight is 279 g/mol. The van der Waals surface area contributed by atoms with E-state index in [-0.39, 0.29) is 12.3 Å². The number of rotatable bonds is 3. The molecule has 20 heavy (non-hydrogen) atoms. The third-order valence-corrected chi connectivity index (χ3v) is 3.49. The van der Waals surface area contributed by atoms with E-state index in [1.807, 2.05) is 0 Å². The van der Waals surface area contributed by atoms with E-state index >= 15 is 0 Å². The van der Waals surface area contributed by atoms with Crippen LogP contribution in [0.25, 0.3) is 0 Å². The van der Waals surface area contributed by atoms with E-state index in [0.29, 0.717) is 17.3 Å². The van der Waals surface area contributed by atoms with Crippen molar-refractivity contribution in [3.8, 4) is 0 Å². The minimum absolute atomic E-state index is 0.204. The summed E-state index contributed by atoms with van der Waals surface area (Å²) >= 11 is 0. The zero-order valence-electron chi connectivity index (χ0n) is 10.9. The van der Waals surface area contributed by atoms with E-state index in [4.69, 9.17) is 4.52 Å². The van der Waals surface area contributed by atoms with Crippen LogP contribution < -0.4 is 5.32 Å². The van der Waals surface area contributed by atoms with Gasteiger partial charge in [0.25, 0.3) is 0 Å². The molecule has 106 valence electrons. The number of nitrogens with one attached hydrogen (secondary N) is 1. The molecule has 0 unspecified atom stereocenters. The van der Waals surface area contributed by atoms with Gasteiger partial charge in [-0.1, -0.05) is 11.2 Å². The van der Waals surface area contributed by atoms with E-state index < -0.39 is 11.6 Å². The normalized spacial score (nSPS) is 19.2. The van der Waals surface area contributed by atoms with Crippen LogP contribution in [0.4, 0.5) is 8.78 Å². The zero-order valence-corrected chi connectivity index (χ0v) is 10.9. The molecule has 0 aliphatic carbocycles. The van der Waals surface area contributed by atoms with Crippen LogP contribution in [-0.2, 0) is 6.42 Å². The summed E-state index contributed by atoms with van der Waals surface area (Å²) < 4.78 is 31.6. The summed E-state index contributed by atoms with van der Waals surface area (Å²) in [5, 5.41) is 7.15. The highest BCUT2D eigenvalue weighted by atomic mass is 19.1. The van der Waals surface area contributed by atoms with Gasteiger partial charge in [0, 0.05) is 19.0 Å². The van der Waals surface area contributed by atoms with Gasteiger partial charge in [0.15, 0.2) is 5.82 Å². The lowest BCUT2D eigenvalue weighted by molar-refractivity contribution is 0.320. The van der Waals surface area contributed by atoms with Gasteiger partial charge in [-0.25, -0.2) is 8.78 Å². The highest BCUT2D eigenvalue weighted by Crippen LogP contribution is 2.22. The van der Waals surface area contributed by atoms with Crippen LogP contribution in [0.15, 0.2) is 22.7 Å². The first-order valence-electron chi connectivity index (χ1n) is 6.69. The molecule has 0 radical (unpaired) electrons. The molecule has 6 heteroatoms. The van der Waals surface area contributed by atoms with Gasteiger partial charge in [0.1, 0.15) is 11.6 Å². The molecule has 0 bridgehead atoms. The molecule has 4 nitrogen and oxygen atoms in total. The van der Waals surface area contributed by atoms with Gasteiger partial charge < -0.3 is 9.84 Å². The minimum Gasteiger partial charge on any atom is -0.339 e. The van der Waals surface area contributed by atoms with Crippen LogP contribution >= 0.6 is 0 Å². The number of hydrogen-bond acceptors (Lipinski definition) is 4. The highest BCUT2D eigenvalue weighted by molar-refractivity contribution is 5.21. The summed E-state index contributed by atoms with van der Waals surface area (Å²) in [6, 6.07) is 3.49. The Morgan fingerprint density at radius 1 is 1.35 bits per heavy atom. The number of aromatic nitrogens is 2. The fourth-order valence-corrected chi connectivity index (χ4v) is 2.40. The maximum absolute atomic E-state index is 13.6. The lowest BCUT2D eigenvalue weighted by atomic mass is 10.00. The average Bonchev–Trinajstić information content (AvgIpc) is 2.92. The van der Waals surface area contributed by atoms with Crippen molar-refractivity contribution in [3.63, 3.8) is 0 Å². The van der Waals surface area contributed by atoms with Crippen molar-refractivity contribution < 1.29 is 13.3 Å².